The van der Waals surface area contributed by atoms with Crippen molar-refractivity contribution in [2.45, 2.75) is 11.8 Å². The van der Waals surface area contributed by atoms with Gasteiger partial charge in [-0.3, -0.25) is 4.79 Å². The van der Waals surface area contributed by atoms with Gasteiger partial charge in [0, 0.05) is 26.6 Å². The van der Waals surface area contributed by atoms with Crippen molar-refractivity contribution >= 4 is 5.97 Å². The van der Waals surface area contributed by atoms with Gasteiger partial charge in [0.2, 0.25) is 5.60 Å². The van der Waals surface area contributed by atoms with Crippen LogP contribution < -0.4 is 0 Å². The Morgan fingerprint density at radius 3 is 2.45 bits per heavy atom. The second-order valence-electron chi connectivity index (χ2n) is 4.16. The van der Waals surface area contributed by atoms with Gasteiger partial charge in [-0.2, -0.15) is 13.2 Å². The van der Waals surface area contributed by atoms with Gasteiger partial charge in [-0.1, -0.05) is 0 Å². The molecule has 0 aliphatic carbocycles. The number of alkyl halides is 3. The third-order valence-corrected chi connectivity index (χ3v) is 2.92. The van der Waals surface area contributed by atoms with Crippen LogP contribution in [0, 0.1) is 5.92 Å². The standard InChI is InChI=1S/C11H15F3N2O4/c1-16-5-4-15-9(16)10(18,11(12,13)14)7(6-19-2)8(17)20-3/h4-5,7,18H,6H2,1-3H3/t7-,10+/m1/s1. The van der Waals surface area contributed by atoms with Gasteiger partial charge >= 0.3 is 12.1 Å². The summed E-state index contributed by atoms with van der Waals surface area (Å²) in [5.74, 6) is -3.94. The van der Waals surface area contributed by atoms with Gasteiger partial charge in [-0.05, 0) is 0 Å². The maximum absolute atomic E-state index is 13.4. The van der Waals surface area contributed by atoms with E-state index in [1.54, 1.807) is 0 Å². The number of hydrogen-bond donors (Lipinski definition) is 1. The van der Waals surface area contributed by atoms with E-state index in [1.165, 1.54) is 13.2 Å². The number of rotatable bonds is 5. The molecule has 6 nitrogen and oxygen atoms in total. The van der Waals surface area contributed by atoms with Gasteiger partial charge < -0.3 is 19.1 Å². The minimum Gasteiger partial charge on any atom is -0.469 e. The normalized spacial score (nSPS) is 16.6. The summed E-state index contributed by atoms with van der Waals surface area (Å²) < 4.78 is 50.0. The Balaban J connectivity index is 3.44. The highest BCUT2D eigenvalue weighted by molar-refractivity contribution is 5.74. The highest BCUT2D eigenvalue weighted by Gasteiger charge is 2.64. The number of esters is 1. The SMILES string of the molecule is COC[C@H](C(=O)OC)[C@](O)(c1nccn1C)C(F)(F)F. The number of carbonyl (C=O) groups excluding carboxylic acids is 1. The third-order valence-electron chi connectivity index (χ3n) is 2.92. The van der Waals surface area contributed by atoms with Gasteiger partial charge in [-0.25, -0.2) is 4.98 Å². The first-order valence-corrected chi connectivity index (χ1v) is 5.53. The van der Waals surface area contributed by atoms with Crippen LogP contribution in [0.3, 0.4) is 0 Å². The highest BCUT2D eigenvalue weighted by Crippen LogP contribution is 2.44. The molecule has 1 aromatic heterocycles. The second kappa shape index (κ2) is 5.80. The molecular formula is C11H15F3N2O4. The average molecular weight is 296 g/mol. The van der Waals surface area contributed by atoms with E-state index in [9.17, 15) is 23.1 Å². The molecule has 0 unspecified atom stereocenters. The van der Waals surface area contributed by atoms with Crippen LogP contribution in [0.5, 0.6) is 0 Å². The lowest BCUT2D eigenvalue weighted by Gasteiger charge is -2.34. The molecule has 9 heteroatoms. The zero-order chi connectivity index (χ0) is 15.6. The van der Waals surface area contributed by atoms with Crippen LogP contribution in [0.25, 0.3) is 0 Å². The quantitative estimate of drug-likeness (QED) is 0.806. The van der Waals surface area contributed by atoms with Crippen molar-refractivity contribution in [2.75, 3.05) is 20.8 Å². The van der Waals surface area contributed by atoms with Crippen LogP contribution in [-0.4, -0.2) is 47.6 Å². The Kier molecular flexibility index (Phi) is 4.77. The van der Waals surface area contributed by atoms with Gasteiger partial charge in [0.1, 0.15) is 5.92 Å². The molecule has 0 aliphatic rings. The first kappa shape index (κ1) is 16.4. The monoisotopic (exact) mass is 296 g/mol. The number of aliphatic hydroxyl groups is 1. The van der Waals surface area contributed by atoms with E-state index in [1.807, 2.05) is 0 Å². The molecule has 0 bridgehead atoms. The van der Waals surface area contributed by atoms with Crippen molar-refractivity contribution in [3.8, 4) is 0 Å². The predicted octanol–water partition coefficient (Wildman–Crippen LogP) is 0.606. The smallest absolute Gasteiger partial charge is 0.425 e. The van der Waals surface area contributed by atoms with E-state index in [4.69, 9.17) is 0 Å². The molecule has 114 valence electrons. The number of nitrogens with zero attached hydrogens (tertiary/aromatic N) is 2. The molecule has 0 aromatic carbocycles. The molecule has 1 rings (SSSR count). The minimum atomic E-state index is -5.14. The highest BCUT2D eigenvalue weighted by atomic mass is 19.4. The second-order valence-corrected chi connectivity index (χ2v) is 4.16. The number of hydrogen-bond acceptors (Lipinski definition) is 5. The topological polar surface area (TPSA) is 73.6 Å². The summed E-state index contributed by atoms with van der Waals surface area (Å²) in [6.45, 7) is -0.671. The van der Waals surface area contributed by atoms with Crippen LogP contribution in [0.4, 0.5) is 13.2 Å². The summed E-state index contributed by atoms with van der Waals surface area (Å²) >= 11 is 0. The Morgan fingerprint density at radius 1 is 1.50 bits per heavy atom. The first-order valence-electron chi connectivity index (χ1n) is 5.53. The molecule has 0 radical (unpaired) electrons. The summed E-state index contributed by atoms with van der Waals surface area (Å²) in [6, 6.07) is 0. The van der Waals surface area contributed by atoms with Crippen LogP contribution in [-0.2, 0) is 26.9 Å². The number of methoxy groups -OCH3 is 2. The Morgan fingerprint density at radius 2 is 2.10 bits per heavy atom. The lowest BCUT2D eigenvalue weighted by atomic mass is 9.86. The first-order chi connectivity index (χ1) is 9.20. The number of carbonyl (C=O) groups is 1. The fraction of sp³-hybridized carbons (Fsp3) is 0.636. The summed E-state index contributed by atoms with van der Waals surface area (Å²) in [7, 11) is 3.32. The van der Waals surface area contributed by atoms with Crippen molar-refractivity contribution in [1.29, 1.82) is 0 Å². The maximum Gasteiger partial charge on any atom is 0.425 e. The molecule has 0 spiro atoms. The van der Waals surface area contributed by atoms with Gasteiger partial charge in [-0.15, -0.1) is 0 Å². The fourth-order valence-electron chi connectivity index (χ4n) is 1.88. The number of halogens is 3. The lowest BCUT2D eigenvalue weighted by Crippen LogP contribution is -2.54. The van der Waals surface area contributed by atoms with Gasteiger partial charge in [0.05, 0.1) is 13.7 Å². The zero-order valence-electron chi connectivity index (χ0n) is 11.1. The molecule has 1 N–H and O–H groups in total. The maximum atomic E-state index is 13.4. The molecule has 0 saturated heterocycles. The Labute approximate surface area is 113 Å². The Hall–Kier alpha value is -1.61. The van der Waals surface area contributed by atoms with Crippen molar-refractivity contribution in [3.63, 3.8) is 0 Å². The van der Waals surface area contributed by atoms with Crippen molar-refractivity contribution in [3.05, 3.63) is 18.2 Å². The number of aryl methyl sites for hydroxylation is 1. The van der Waals surface area contributed by atoms with Crippen molar-refractivity contribution in [1.82, 2.24) is 9.55 Å². The number of ether oxygens (including phenoxy) is 2. The molecular weight excluding hydrogens is 281 g/mol. The zero-order valence-corrected chi connectivity index (χ0v) is 11.1. The molecule has 0 amide bonds. The number of imidazole rings is 1. The molecule has 1 aromatic rings. The fourth-order valence-corrected chi connectivity index (χ4v) is 1.88. The molecule has 2 atom stereocenters. The van der Waals surface area contributed by atoms with E-state index in [0.717, 1.165) is 25.0 Å². The molecule has 20 heavy (non-hydrogen) atoms. The van der Waals surface area contributed by atoms with E-state index in [0.29, 0.717) is 0 Å². The van der Waals surface area contributed by atoms with Crippen molar-refractivity contribution in [2.24, 2.45) is 13.0 Å². The van der Waals surface area contributed by atoms with Crippen LogP contribution >= 0.6 is 0 Å². The Bertz CT molecular complexity index is 474. The predicted molar refractivity (Wildman–Crippen MR) is 60.5 cm³/mol. The van der Waals surface area contributed by atoms with E-state index < -0.39 is 36.1 Å². The number of aromatic nitrogens is 2. The summed E-state index contributed by atoms with van der Waals surface area (Å²) in [5.41, 5.74) is -3.51. The van der Waals surface area contributed by atoms with Crippen molar-refractivity contribution < 1.29 is 32.5 Å². The van der Waals surface area contributed by atoms with Crippen LogP contribution in [0.2, 0.25) is 0 Å². The summed E-state index contributed by atoms with van der Waals surface area (Å²) in [5, 5.41) is 10.2. The van der Waals surface area contributed by atoms with E-state index in [2.05, 4.69) is 14.5 Å². The van der Waals surface area contributed by atoms with Gasteiger partial charge in [0.15, 0.2) is 5.82 Å². The van der Waals surface area contributed by atoms with E-state index in [-0.39, 0.29) is 0 Å². The third kappa shape index (κ3) is 2.63. The largest absolute Gasteiger partial charge is 0.469 e. The minimum absolute atomic E-state index is 0.671. The molecule has 0 saturated carbocycles. The van der Waals surface area contributed by atoms with E-state index >= 15 is 0 Å². The van der Waals surface area contributed by atoms with Crippen LogP contribution in [0.15, 0.2) is 12.4 Å². The van der Waals surface area contributed by atoms with Gasteiger partial charge in [0.25, 0.3) is 0 Å². The summed E-state index contributed by atoms with van der Waals surface area (Å²) in [6.07, 6.45) is -2.82. The lowest BCUT2D eigenvalue weighted by molar-refractivity contribution is -0.293. The molecule has 1 heterocycles. The average Bonchev–Trinajstić information content (AvgIpc) is 2.79. The molecule has 0 aliphatic heterocycles. The molecule has 0 fully saturated rings. The van der Waals surface area contributed by atoms with Crippen LogP contribution in [0.1, 0.15) is 5.82 Å². The summed E-state index contributed by atoms with van der Waals surface area (Å²) in [4.78, 5) is 15.1.